The van der Waals surface area contributed by atoms with Crippen LogP contribution in [0.2, 0.25) is 0 Å². The van der Waals surface area contributed by atoms with Crippen molar-refractivity contribution in [2.24, 2.45) is 5.16 Å². The van der Waals surface area contributed by atoms with E-state index in [1.165, 1.54) is 6.07 Å². The SMILES string of the molecule is CCOC(=O)C=NOc1cc(N)n[nH]1. The molecule has 0 atom stereocenters. The Morgan fingerprint density at radius 1 is 1.86 bits per heavy atom. The second-order valence-corrected chi connectivity index (χ2v) is 2.23. The van der Waals surface area contributed by atoms with Crippen molar-refractivity contribution in [3.8, 4) is 5.88 Å². The van der Waals surface area contributed by atoms with Gasteiger partial charge in [0.2, 0.25) is 5.88 Å². The van der Waals surface area contributed by atoms with Crippen LogP contribution in [0.1, 0.15) is 6.92 Å². The Balaban J connectivity index is 2.36. The second-order valence-electron chi connectivity index (χ2n) is 2.23. The van der Waals surface area contributed by atoms with Crippen LogP contribution >= 0.6 is 0 Å². The highest BCUT2D eigenvalue weighted by molar-refractivity contribution is 6.22. The molecule has 0 unspecified atom stereocenters. The van der Waals surface area contributed by atoms with E-state index in [-0.39, 0.29) is 11.7 Å². The summed E-state index contributed by atoms with van der Waals surface area (Å²) in [4.78, 5) is 15.5. The average Bonchev–Trinajstić information content (AvgIpc) is 2.52. The van der Waals surface area contributed by atoms with Gasteiger partial charge in [-0.2, -0.15) is 5.10 Å². The van der Waals surface area contributed by atoms with Crippen molar-refractivity contribution >= 4 is 18.0 Å². The van der Waals surface area contributed by atoms with E-state index >= 15 is 0 Å². The number of H-pyrrole nitrogens is 1. The molecule has 7 heteroatoms. The van der Waals surface area contributed by atoms with E-state index in [1.807, 2.05) is 0 Å². The molecule has 0 aliphatic carbocycles. The number of aromatic nitrogens is 2. The van der Waals surface area contributed by atoms with Crippen molar-refractivity contribution in [1.82, 2.24) is 10.2 Å². The first-order chi connectivity index (χ1) is 6.72. The Morgan fingerprint density at radius 3 is 3.21 bits per heavy atom. The number of anilines is 1. The van der Waals surface area contributed by atoms with Crippen LogP contribution in [0.25, 0.3) is 0 Å². The van der Waals surface area contributed by atoms with Gasteiger partial charge in [0.05, 0.1) is 6.61 Å². The fraction of sp³-hybridized carbons (Fsp3) is 0.286. The molecule has 0 aliphatic rings. The minimum absolute atomic E-state index is 0.253. The fourth-order valence-electron chi connectivity index (χ4n) is 0.671. The van der Waals surface area contributed by atoms with Crippen LogP contribution < -0.4 is 10.6 Å². The van der Waals surface area contributed by atoms with Gasteiger partial charge in [-0.1, -0.05) is 5.16 Å². The van der Waals surface area contributed by atoms with Crippen LogP contribution in [0.5, 0.6) is 5.88 Å². The van der Waals surface area contributed by atoms with Gasteiger partial charge in [0.15, 0.2) is 6.21 Å². The number of nitrogens with zero attached hydrogens (tertiary/aromatic N) is 2. The summed E-state index contributed by atoms with van der Waals surface area (Å²) in [5.74, 6) is -0.0330. The van der Waals surface area contributed by atoms with Crippen molar-refractivity contribution in [3.63, 3.8) is 0 Å². The predicted molar refractivity (Wildman–Crippen MR) is 48.8 cm³/mol. The topological polar surface area (TPSA) is 103 Å². The molecule has 1 aromatic rings. The first kappa shape index (κ1) is 10.0. The highest BCUT2D eigenvalue weighted by Crippen LogP contribution is 2.08. The Kier molecular flexibility index (Phi) is 3.48. The summed E-state index contributed by atoms with van der Waals surface area (Å²) >= 11 is 0. The van der Waals surface area contributed by atoms with Crippen LogP contribution in [0.3, 0.4) is 0 Å². The number of rotatable bonds is 4. The number of nitrogen functional groups attached to an aromatic ring is 1. The predicted octanol–water partition coefficient (Wildman–Crippen LogP) is -0.0804. The van der Waals surface area contributed by atoms with Crippen molar-refractivity contribution in [1.29, 1.82) is 0 Å². The van der Waals surface area contributed by atoms with Gasteiger partial charge < -0.3 is 15.3 Å². The fourth-order valence-corrected chi connectivity index (χ4v) is 0.671. The molecule has 0 radical (unpaired) electrons. The summed E-state index contributed by atoms with van der Waals surface area (Å²) in [7, 11) is 0. The molecule has 1 heterocycles. The van der Waals surface area contributed by atoms with Crippen molar-refractivity contribution in [3.05, 3.63) is 6.07 Å². The zero-order valence-electron chi connectivity index (χ0n) is 7.56. The normalized spacial score (nSPS) is 10.4. The molecular formula is C7H10N4O3. The highest BCUT2D eigenvalue weighted by atomic mass is 16.6. The third kappa shape index (κ3) is 3.13. The maximum atomic E-state index is 10.7. The molecule has 0 aromatic carbocycles. The molecule has 1 rings (SSSR count). The molecule has 0 saturated carbocycles. The number of esters is 1. The van der Waals surface area contributed by atoms with Gasteiger partial charge in [-0.05, 0) is 6.92 Å². The number of carbonyl (C=O) groups is 1. The maximum Gasteiger partial charge on any atom is 0.352 e. The van der Waals surface area contributed by atoms with E-state index in [2.05, 4.69) is 20.1 Å². The quantitative estimate of drug-likeness (QED) is 0.400. The number of nitrogens with one attached hydrogen (secondary N) is 1. The van der Waals surface area contributed by atoms with Gasteiger partial charge >= 0.3 is 5.97 Å². The monoisotopic (exact) mass is 198 g/mol. The third-order valence-electron chi connectivity index (χ3n) is 1.17. The average molecular weight is 198 g/mol. The Labute approximate surface area is 79.9 Å². The summed E-state index contributed by atoms with van der Waals surface area (Å²) < 4.78 is 4.57. The lowest BCUT2D eigenvalue weighted by Crippen LogP contribution is -2.05. The molecule has 0 fully saturated rings. The zero-order valence-corrected chi connectivity index (χ0v) is 7.56. The Bertz CT molecular complexity index is 333. The summed E-state index contributed by atoms with van der Waals surface area (Å²) in [6.45, 7) is 1.99. The van der Waals surface area contributed by atoms with E-state index in [4.69, 9.17) is 10.6 Å². The van der Waals surface area contributed by atoms with E-state index in [0.29, 0.717) is 6.61 Å². The molecule has 0 bridgehead atoms. The minimum atomic E-state index is -0.569. The van der Waals surface area contributed by atoms with Crippen molar-refractivity contribution in [2.45, 2.75) is 6.92 Å². The number of hydrogen-bond donors (Lipinski definition) is 2. The molecule has 0 spiro atoms. The number of ether oxygens (including phenoxy) is 1. The van der Waals surface area contributed by atoms with Gasteiger partial charge in [0.1, 0.15) is 5.82 Å². The van der Waals surface area contributed by atoms with Gasteiger partial charge in [-0.25, -0.2) is 9.89 Å². The largest absolute Gasteiger partial charge is 0.462 e. The summed E-state index contributed by atoms with van der Waals surface area (Å²) in [6, 6.07) is 1.43. The highest BCUT2D eigenvalue weighted by Gasteiger charge is 1.98. The molecule has 76 valence electrons. The Morgan fingerprint density at radius 2 is 2.64 bits per heavy atom. The van der Waals surface area contributed by atoms with Gasteiger partial charge in [-0.15, -0.1) is 0 Å². The molecule has 14 heavy (non-hydrogen) atoms. The number of oxime groups is 1. The van der Waals surface area contributed by atoms with E-state index in [0.717, 1.165) is 6.21 Å². The summed E-state index contributed by atoms with van der Waals surface area (Å²) in [5.41, 5.74) is 5.29. The smallest absolute Gasteiger partial charge is 0.352 e. The molecule has 0 amide bonds. The molecule has 1 aromatic heterocycles. The van der Waals surface area contributed by atoms with Crippen molar-refractivity contribution < 1.29 is 14.4 Å². The number of carbonyl (C=O) groups excluding carboxylic acids is 1. The summed E-state index contributed by atoms with van der Waals surface area (Å²) in [6.07, 6.45) is 0.917. The van der Waals surface area contributed by atoms with E-state index in [9.17, 15) is 4.79 Å². The number of aromatic amines is 1. The number of nitrogens with two attached hydrogens (primary N) is 1. The molecular weight excluding hydrogens is 188 g/mol. The molecule has 0 saturated heterocycles. The first-order valence-corrected chi connectivity index (χ1v) is 3.90. The molecule has 7 nitrogen and oxygen atoms in total. The van der Waals surface area contributed by atoms with Crippen LogP contribution in [0.15, 0.2) is 11.2 Å². The zero-order chi connectivity index (χ0) is 10.4. The van der Waals surface area contributed by atoms with Gasteiger partial charge in [0, 0.05) is 6.07 Å². The first-order valence-electron chi connectivity index (χ1n) is 3.90. The van der Waals surface area contributed by atoms with Crippen LogP contribution in [0.4, 0.5) is 5.82 Å². The van der Waals surface area contributed by atoms with Gasteiger partial charge in [0.25, 0.3) is 0 Å². The van der Waals surface area contributed by atoms with Gasteiger partial charge in [-0.3, -0.25) is 0 Å². The second kappa shape index (κ2) is 4.85. The molecule has 3 N–H and O–H groups in total. The molecule has 0 aliphatic heterocycles. The van der Waals surface area contributed by atoms with Crippen LogP contribution in [-0.4, -0.2) is 29.0 Å². The number of hydrogen-bond acceptors (Lipinski definition) is 6. The maximum absolute atomic E-state index is 10.7. The lowest BCUT2D eigenvalue weighted by Gasteiger charge is -1.93. The lowest BCUT2D eigenvalue weighted by atomic mass is 10.6. The standard InChI is InChI=1S/C7H10N4O3/c1-2-13-7(12)4-9-14-6-3-5(8)10-11-6/h3-4H,2H2,1H3,(H3,8,10,11). The Hall–Kier alpha value is -2.05. The van der Waals surface area contributed by atoms with Crippen LogP contribution in [-0.2, 0) is 9.53 Å². The minimum Gasteiger partial charge on any atom is -0.462 e. The van der Waals surface area contributed by atoms with E-state index < -0.39 is 5.97 Å². The lowest BCUT2D eigenvalue weighted by molar-refractivity contribution is -0.134. The van der Waals surface area contributed by atoms with E-state index in [1.54, 1.807) is 6.92 Å². The summed E-state index contributed by atoms with van der Waals surface area (Å²) in [5, 5.41) is 9.38. The van der Waals surface area contributed by atoms with Crippen LogP contribution in [0, 0.1) is 0 Å². The third-order valence-corrected chi connectivity index (χ3v) is 1.17. The van der Waals surface area contributed by atoms with Crippen molar-refractivity contribution in [2.75, 3.05) is 12.3 Å².